The molecule has 0 aliphatic carbocycles. The van der Waals surface area contributed by atoms with Crippen LogP contribution in [0.1, 0.15) is 32.3 Å². The molecule has 1 aromatic carbocycles. The minimum Gasteiger partial charge on any atom is -0.508 e. The molecule has 0 saturated carbocycles. The molecular weight excluding hydrogens is 214 g/mol. The Hall–Kier alpha value is -1.69. The van der Waals surface area contributed by atoms with Gasteiger partial charge < -0.3 is 9.84 Å². The second-order valence-electron chi connectivity index (χ2n) is 4.95. The number of nitrogens with zero attached hydrogens (tertiary/aromatic N) is 1. The molecule has 0 spiro atoms. The third-order valence-corrected chi connectivity index (χ3v) is 2.55. The summed E-state index contributed by atoms with van der Waals surface area (Å²) in [6.45, 7) is 6.32. The summed E-state index contributed by atoms with van der Waals surface area (Å²) in [4.78, 5) is 0. The SMILES string of the molecule is Cc1cc(O)cc(OCCCC(C)(C)C#N)c1. The molecule has 17 heavy (non-hydrogen) atoms. The number of phenolic OH excluding ortho intramolecular Hbond substituents is 1. The first-order valence-corrected chi connectivity index (χ1v) is 5.78. The average Bonchev–Trinajstić information content (AvgIpc) is 2.23. The third-order valence-electron chi connectivity index (χ3n) is 2.55. The molecule has 1 rings (SSSR count). The molecule has 92 valence electrons. The Morgan fingerprint density at radius 3 is 2.65 bits per heavy atom. The zero-order chi connectivity index (χ0) is 12.9. The van der Waals surface area contributed by atoms with Gasteiger partial charge >= 0.3 is 0 Å². The number of benzene rings is 1. The van der Waals surface area contributed by atoms with Gasteiger partial charge in [-0.2, -0.15) is 5.26 Å². The lowest BCUT2D eigenvalue weighted by Crippen LogP contribution is -2.10. The topological polar surface area (TPSA) is 53.2 Å². The lowest BCUT2D eigenvalue weighted by atomic mass is 9.90. The Balaban J connectivity index is 2.39. The molecule has 0 unspecified atom stereocenters. The van der Waals surface area contributed by atoms with Gasteiger partial charge in [0.05, 0.1) is 18.1 Å². The first kappa shape index (κ1) is 13.4. The number of rotatable bonds is 5. The standard InChI is InChI=1S/C14H19NO2/c1-11-7-12(16)9-13(8-11)17-6-4-5-14(2,3)10-15/h7-9,16H,4-6H2,1-3H3. The van der Waals surface area contributed by atoms with Crippen molar-refractivity contribution in [2.24, 2.45) is 5.41 Å². The molecule has 0 aromatic heterocycles. The molecule has 0 aliphatic rings. The quantitative estimate of drug-likeness (QED) is 0.793. The van der Waals surface area contributed by atoms with E-state index in [1.54, 1.807) is 12.1 Å². The molecule has 1 N–H and O–H groups in total. The van der Waals surface area contributed by atoms with Gasteiger partial charge in [-0.15, -0.1) is 0 Å². The van der Waals surface area contributed by atoms with Crippen LogP contribution in [-0.4, -0.2) is 11.7 Å². The highest BCUT2D eigenvalue weighted by molar-refractivity contribution is 5.36. The molecule has 0 fully saturated rings. The minimum atomic E-state index is -0.294. The Morgan fingerprint density at radius 1 is 1.35 bits per heavy atom. The molecule has 0 radical (unpaired) electrons. The maximum Gasteiger partial charge on any atom is 0.123 e. The molecule has 0 atom stereocenters. The molecule has 0 amide bonds. The average molecular weight is 233 g/mol. The molecule has 0 saturated heterocycles. The van der Waals surface area contributed by atoms with Crippen LogP contribution in [0.15, 0.2) is 18.2 Å². The zero-order valence-corrected chi connectivity index (χ0v) is 10.7. The van der Waals surface area contributed by atoms with Crippen LogP contribution in [0.2, 0.25) is 0 Å². The van der Waals surface area contributed by atoms with Gasteiger partial charge in [0.15, 0.2) is 0 Å². The largest absolute Gasteiger partial charge is 0.508 e. The fourth-order valence-corrected chi connectivity index (χ4v) is 1.57. The highest BCUT2D eigenvalue weighted by Crippen LogP contribution is 2.23. The van der Waals surface area contributed by atoms with Gasteiger partial charge in [-0.25, -0.2) is 0 Å². The van der Waals surface area contributed by atoms with Crippen LogP contribution in [0.5, 0.6) is 11.5 Å². The Bertz CT molecular complexity index is 398. The van der Waals surface area contributed by atoms with Crippen molar-refractivity contribution in [3.63, 3.8) is 0 Å². The normalized spacial score (nSPS) is 10.9. The summed E-state index contributed by atoms with van der Waals surface area (Å²) in [5.74, 6) is 0.898. The molecule has 3 nitrogen and oxygen atoms in total. The van der Waals surface area contributed by atoms with Crippen LogP contribution >= 0.6 is 0 Å². The van der Waals surface area contributed by atoms with Gasteiger partial charge in [-0.1, -0.05) is 0 Å². The van der Waals surface area contributed by atoms with Crippen molar-refractivity contribution in [3.8, 4) is 17.6 Å². The van der Waals surface area contributed by atoms with E-state index in [-0.39, 0.29) is 11.2 Å². The Kier molecular flexibility index (Phi) is 4.39. The molecule has 0 heterocycles. The van der Waals surface area contributed by atoms with Gasteiger partial charge in [-0.3, -0.25) is 0 Å². The van der Waals surface area contributed by atoms with E-state index in [0.29, 0.717) is 12.4 Å². The lowest BCUT2D eigenvalue weighted by Gasteiger charge is -2.15. The second-order valence-corrected chi connectivity index (χ2v) is 4.95. The van der Waals surface area contributed by atoms with Gasteiger partial charge in [0, 0.05) is 6.07 Å². The van der Waals surface area contributed by atoms with E-state index in [4.69, 9.17) is 10.00 Å². The van der Waals surface area contributed by atoms with Crippen LogP contribution < -0.4 is 4.74 Å². The fraction of sp³-hybridized carbons (Fsp3) is 0.500. The van der Waals surface area contributed by atoms with Gasteiger partial charge in [0.1, 0.15) is 11.5 Å². The predicted octanol–water partition coefficient (Wildman–Crippen LogP) is 3.41. The summed E-state index contributed by atoms with van der Waals surface area (Å²) in [6.07, 6.45) is 1.64. The number of hydrogen-bond donors (Lipinski definition) is 1. The van der Waals surface area contributed by atoms with E-state index in [0.717, 1.165) is 18.4 Å². The molecule has 0 aliphatic heterocycles. The van der Waals surface area contributed by atoms with Crippen molar-refractivity contribution in [1.29, 1.82) is 5.26 Å². The minimum absolute atomic E-state index is 0.220. The first-order valence-electron chi connectivity index (χ1n) is 5.78. The lowest BCUT2D eigenvalue weighted by molar-refractivity contribution is 0.283. The Morgan fingerprint density at radius 2 is 2.06 bits per heavy atom. The summed E-state index contributed by atoms with van der Waals surface area (Å²) in [6, 6.07) is 7.43. The number of phenols is 1. The summed E-state index contributed by atoms with van der Waals surface area (Å²) in [7, 11) is 0. The van der Waals surface area contributed by atoms with E-state index in [9.17, 15) is 5.11 Å². The Labute approximate surface area is 103 Å². The van der Waals surface area contributed by atoms with Crippen molar-refractivity contribution in [1.82, 2.24) is 0 Å². The van der Waals surface area contributed by atoms with Gasteiger partial charge in [0.25, 0.3) is 0 Å². The summed E-state index contributed by atoms with van der Waals surface area (Å²) in [5, 5.41) is 18.3. The van der Waals surface area contributed by atoms with E-state index < -0.39 is 0 Å². The number of aryl methyl sites for hydroxylation is 1. The van der Waals surface area contributed by atoms with E-state index in [1.165, 1.54) is 0 Å². The van der Waals surface area contributed by atoms with Crippen molar-refractivity contribution >= 4 is 0 Å². The van der Waals surface area contributed by atoms with Crippen molar-refractivity contribution in [3.05, 3.63) is 23.8 Å². The highest BCUT2D eigenvalue weighted by Gasteiger charge is 2.15. The van der Waals surface area contributed by atoms with E-state index in [1.807, 2.05) is 26.8 Å². The van der Waals surface area contributed by atoms with Crippen LogP contribution in [0.25, 0.3) is 0 Å². The molecular formula is C14H19NO2. The highest BCUT2D eigenvalue weighted by atomic mass is 16.5. The molecule has 1 aromatic rings. The van der Waals surface area contributed by atoms with Crippen molar-refractivity contribution in [2.45, 2.75) is 33.6 Å². The summed E-state index contributed by atoms with van der Waals surface area (Å²) < 4.78 is 5.54. The predicted molar refractivity (Wildman–Crippen MR) is 67.0 cm³/mol. The van der Waals surface area contributed by atoms with Gasteiger partial charge in [0.2, 0.25) is 0 Å². The molecule has 0 bridgehead atoms. The maximum atomic E-state index is 9.39. The number of ether oxygens (including phenoxy) is 1. The smallest absolute Gasteiger partial charge is 0.123 e. The number of nitriles is 1. The maximum absolute atomic E-state index is 9.39. The van der Waals surface area contributed by atoms with Crippen LogP contribution in [0.3, 0.4) is 0 Å². The van der Waals surface area contributed by atoms with Crippen LogP contribution in [0.4, 0.5) is 0 Å². The monoisotopic (exact) mass is 233 g/mol. The van der Waals surface area contributed by atoms with Crippen molar-refractivity contribution < 1.29 is 9.84 Å². The summed E-state index contributed by atoms with van der Waals surface area (Å²) >= 11 is 0. The number of aromatic hydroxyl groups is 1. The molecule has 3 heteroatoms. The summed E-state index contributed by atoms with van der Waals surface area (Å²) in [5.41, 5.74) is 0.676. The van der Waals surface area contributed by atoms with E-state index in [2.05, 4.69) is 6.07 Å². The van der Waals surface area contributed by atoms with E-state index >= 15 is 0 Å². The second kappa shape index (κ2) is 5.58. The first-order chi connectivity index (χ1) is 7.93. The number of hydrogen-bond acceptors (Lipinski definition) is 3. The van der Waals surface area contributed by atoms with Crippen LogP contribution in [-0.2, 0) is 0 Å². The fourth-order valence-electron chi connectivity index (χ4n) is 1.57. The van der Waals surface area contributed by atoms with Gasteiger partial charge in [-0.05, 0) is 51.3 Å². The van der Waals surface area contributed by atoms with Crippen molar-refractivity contribution in [2.75, 3.05) is 6.61 Å². The zero-order valence-electron chi connectivity index (χ0n) is 10.7. The third kappa shape index (κ3) is 4.78. The van der Waals surface area contributed by atoms with Crippen LogP contribution in [0, 0.1) is 23.7 Å².